The molecule has 0 atom stereocenters. The molecule has 3 aromatic rings. The van der Waals surface area contributed by atoms with Crippen LogP contribution in [0.1, 0.15) is 42.9 Å². The van der Waals surface area contributed by atoms with Gasteiger partial charge < -0.3 is 5.32 Å². The summed E-state index contributed by atoms with van der Waals surface area (Å²) in [5.41, 5.74) is 2.74. The highest BCUT2D eigenvalue weighted by Crippen LogP contribution is 2.35. The summed E-state index contributed by atoms with van der Waals surface area (Å²) in [6.07, 6.45) is 6.44. The largest absolute Gasteiger partial charge is 0.366 e. The van der Waals surface area contributed by atoms with E-state index < -0.39 is 21.7 Å². The Labute approximate surface area is 203 Å². The van der Waals surface area contributed by atoms with Crippen molar-refractivity contribution in [1.29, 1.82) is 0 Å². The topological polar surface area (TPSA) is 92.5 Å². The van der Waals surface area contributed by atoms with Crippen molar-refractivity contribution in [1.82, 2.24) is 23.9 Å². The Balaban J connectivity index is 1.35. The number of allylic oxidation sites excluding steroid dienone is 4. The molecule has 12 heteroatoms. The van der Waals surface area contributed by atoms with Gasteiger partial charge in [0.2, 0.25) is 10.0 Å². The average Bonchev–Trinajstić information content (AvgIpc) is 3.24. The van der Waals surface area contributed by atoms with Crippen LogP contribution >= 0.6 is 0 Å². The number of hydrogen-bond donors (Lipinski definition) is 1. The lowest BCUT2D eigenvalue weighted by molar-refractivity contribution is 0.318. The van der Waals surface area contributed by atoms with Gasteiger partial charge in [0.15, 0.2) is 0 Å². The number of nitrogens with zero attached hydrogens (tertiary/aromatic N) is 5. The van der Waals surface area contributed by atoms with Crippen molar-refractivity contribution in [2.75, 3.05) is 18.4 Å². The lowest BCUT2D eigenvalue weighted by Gasteiger charge is -2.32. The van der Waals surface area contributed by atoms with Crippen molar-refractivity contribution in [2.24, 2.45) is 0 Å². The summed E-state index contributed by atoms with van der Waals surface area (Å²) in [5.74, 6) is -0.955. The predicted octanol–water partition coefficient (Wildman–Crippen LogP) is 2.87. The Bertz CT molecular complexity index is 1420. The number of hydrogen-bond acceptors (Lipinski definition) is 6. The van der Waals surface area contributed by atoms with Crippen LogP contribution in [0.15, 0.2) is 59.4 Å². The van der Waals surface area contributed by atoms with Crippen LogP contribution < -0.4 is 10.8 Å². The van der Waals surface area contributed by atoms with Gasteiger partial charge in [-0.1, -0.05) is 6.07 Å². The van der Waals surface area contributed by atoms with Gasteiger partial charge in [0, 0.05) is 68.4 Å². The van der Waals surface area contributed by atoms with E-state index in [4.69, 9.17) is 12.8 Å². The summed E-state index contributed by atoms with van der Waals surface area (Å²) in [6.45, 7) is 0.963. The van der Waals surface area contributed by atoms with E-state index in [-0.39, 0.29) is 36.8 Å². The van der Waals surface area contributed by atoms with Crippen molar-refractivity contribution in [2.45, 2.75) is 38.1 Å². The number of piperidine rings is 1. The maximum atomic E-state index is 14.2. The number of pyridine rings is 1. The van der Waals surface area contributed by atoms with Crippen LogP contribution in [0.25, 0.3) is 5.65 Å². The van der Waals surface area contributed by atoms with E-state index in [2.05, 4.69) is 15.4 Å². The third kappa shape index (κ3) is 4.72. The van der Waals surface area contributed by atoms with Crippen LogP contribution in [0.2, 0.25) is 0 Å². The van der Waals surface area contributed by atoms with Gasteiger partial charge in [0.1, 0.15) is 31.0 Å². The van der Waals surface area contributed by atoms with Crippen LogP contribution in [0.4, 0.5) is 14.6 Å². The van der Waals surface area contributed by atoms with Crippen LogP contribution in [0.5, 0.6) is 0 Å². The molecule has 1 saturated heterocycles. The fourth-order valence-corrected chi connectivity index (χ4v) is 6.14. The summed E-state index contributed by atoms with van der Waals surface area (Å²) >= 11 is 0. The van der Waals surface area contributed by atoms with Crippen LogP contribution in [0.3, 0.4) is 0 Å². The fourth-order valence-electron chi connectivity index (χ4n) is 4.47. The zero-order valence-electron chi connectivity index (χ0n) is 18.9. The predicted molar refractivity (Wildman–Crippen MR) is 129 cm³/mol. The van der Waals surface area contributed by atoms with Gasteiger partial charge in [-0.3, -0.25) is 4.98 Å². The van der Waals surface area contributed by atoms with Crippen molar-refractivity contribution in [3.05, 3.63) is 70.7 Å². The highest BCUT2D eigenvalue weighted by atomic mass is 32.2. The van der Waals surface area contributed by atoms with Crippen LogP contribution in [-0.4, -0.2) is 53.2 Å². The SMILES string of the molecule is [B]c1cnn2c(NCc3cccnc3)cc(C3CCN(S(=O)(=O)C4=C(F)C=C(F)CC4)CC3)nc12. The second-order valence-electron chi connectivity index (χ2n) is 8.66. The summed E-state index contributed by atoms with van der Waals surface area (Å²) in [7, 11) is 2.10. The molecule has 0 amide bonds. The molecule has 8 nitrogen and oxygen atoms in total. The van der Waals surface area contributed by atoms with E-state index in [0.29, 0.717) is 42.4 Å². The number of aromatic nitrogens is 4. The molecule has 1 aliphatic heterocycles. The maximum absolute atomic E-state index is 14.2. The Morgan fingerprint density at radius 2 is 1.97 bits per heavy atom. The molecular weight excluding hydrogens is 473 g/mol. The Kier molecular flexibility index (Phi) is 6.41. The lowest BCUT2D eigenvalue weighted by atomic mass is 9.94. The lowest BCUT2D eigenvalue weighted by Crippen LogP contribution is -2.39. The van der Waals surface area contributed by atoms with E-state index in [1.54, 1.807) is 23.1 Å². The van der Waals surface area contributed by atoms with Crippen LogP contribution in [-0.2, 0) is 16.6 Å². The molecule has 1 aliphatic carbocycles. The van der Waals surface area contributed by atoms with Gasteiger partial charge in [0.25, 0.3) is 0 Å². The molecule has 0 bridgehead atoms. The van der Waals surface area contributed by atoms with Crippen molar-refractivity contribution in [3.63, 3.8) is 0 Å². The second kappa shape index (κ2) is 9.50. The van der Waals surface area contributed by atoms with Gasteiger partial charge in [-0.25, -0.2) is 22.2 Å². The molecular formula is C23H23BF2N6O2S. The fraction of sp³-hybridized carbons (Fsp3) is 0.348. The van der Waals surface area contributed by atoms with Gasteiger partial charge in [0.05, 0.1) is 4.91 Å². The average molecular weight is 496 g/mol. The smallest absolute Gasteiger partial charge is 0.242 e. The first-order chi connectivity index (χ1) is 16.8. The quantitative estimate of drug-likeness (QED) is 0.528. The molecule has 3 aromatic heterocycles. The third-order valence-corrected chi connectivity index (χ3v) is 8.45. The van der Waals surface area contributed by atoms with E-state index >= 15 is 0 Å². The molecule has 35 heavy (non-hydrogen) atoms. The first-order valence-electron chi connectivity index (χ1n) is 11.3. The Hall–Kier alpha value is -3.12. The highest BCUT2D eigenvalue weighted by Gasteiger charge is 2.35. The number of anilines is 1. The molecule has 0 spiro atoms. The molecule has 2 radical (unpaired) electrons. The van der Waals surface area contributed by atoms with E-state index in [1.165, 1.54) is 4.31 Å². The van der Waals surface area contributed by atoms with Crippen molar-refractivity contribution >= 4 is 34.8 Å². The van der Waals surface area contributed by atoms with Crippen LogP contribution in [0, 0.1) is 0 Å². The molecule has 0 unspecified atom stereocenters. The Morgan fingerprint density at radius 1 is 1.17 bits per heavy atom. The molecule has 1 N–H and O–H groups in total. The summed E-state index contributed by atoms with van der Waals surface area (Å²) in [6, 6.07) is 5.73. The second-order valence-corrected chi connectivity index (χ2v) is 10.6. The standard InChI is InChI=1S/C23H23BF2N6O2S/c24-18-14-29-32-22(28-13-15-2-1-7-27-12-15)11-20(30-23(18)32)16-5-8-31(9-6-16)35(33,34)21-4-3-17(25)10-19(21)26/h1-2,7,10-12,14,16,28H,3-6,8-9,13H2. The minimum absolute atomic E-state index is 0.0118. The number of nitrogens with one attached hydrogen (secondary N) is 1. The number of sulfonamides is 1. The highest BCUT2D eigenvalue weighted by molar-refractivity contribution is 7.93. The summed E-state index contributed by atoms with van der Waals surface area (Å²) in [4.78, 5) is 8.49. The van der Waals surface area contributed by atoms with Crippen molar-refractivity contribution in [3.8, 4) is 0 Å². The van der Waals surface area contributed by atoms with Gasteiger partial charge in [-0.2, -0.15) is 13.9 Å². The Morgan fingerprint density at radius 3 is 2.69 bits per heavy atom. The molecule has 4 heterocycles. The first-order valence-corrected chi connectivity index (χ1v) is 12.8. The summed E-state index contributed by atoms with van der Waals surface area (Å²) < 4.78 is 56.4. The zero-order valence-corrected chi connectivity index (χ0v) is 19.7. The first kappa shape index (κ1) is 23.6. The molecule has 180 valence electrons. The van der Waals surface area contributed by atoms with Crippen molar-refractivity contribution < 1.29 is 17.2 Å². The number of rotatable bonds is 6. The molecule has 5 rings (SSSR count). The number of fused-ring (bicyclic) bond motifs is 1. The summed E-state index contributed by atoms with van der Waals surface area (Å²) in [5, 5.41) is 7.67. The number of halogens is 2. The third-order valence-electron chi connectivity index (χ3n) is 6.38. The molecule has 0 saturated carbocycles. The molecule has 2 aliphatic rings. The van der Waals surface area contributed by atoms with Gasteiger partial charge in [-0.15, -0.1) is 0 Å². The molecule has 0 aromatic carbocycles. The van der Waals surface area contributed by atoms with E-state index in [9.17, 15) is 17.2 Å². The monoisotopic (exact) mass is 496 g/mol. The zero-order chi connectivity index (χ0) is 24.6. The van der Waals surface area contributed by atoms with Gasteiger partial charge >= 0.3 is 0 Å². The maximum Gasteiger partial charge on any atom is 0.242 e. The minimum atomic E-state index is -3.99. The van der Waals surface area contributed by atoms with E-state index in [1.807, 2.05) is 18.2 Å². The molecule has 1 fully saturated rings. The normalized spacial score (nSPS) is 18.2. The minimum Gasteiger partial charge on any atom is -0.366 e. The van der Waals surface area contributed by atoms with E-state index in [0.717, 1.165) is 11.3 Å². The van der Waals surface area contributed by atoms with Gasteiger partial charge in [-0.05, 0) is 36.4 Å².